The summed E-state index contributed by atoms with van der Waals surface area (Å²) in [5.74, 6) is 0. The minimum Gasteiger partial charge on any atom is -0.0616 e. The van der Waals surface area contributed by atoms with Crippen molar-refractivity contribution in [3.8, 4) is 89.0 Å². The average molecular weight is 799 g/mol. The quantitative estimate of drug-likeness (QED) is 0.163. The smallest absolute Gasteiger partial charge is 0.0159 e. The van der Waals surface area contributed by atoms with E-state index in [-0.39, 0.29) is 5.41 Å². The lowest BCUT2D eigenvalue weighted by molar-refractivity contribution is 0.661. The highest BCUT2D eigenvalue weighted by molar-refractivity contribution is 6.22. The topological polar surface area (TPSA) is 0 Å². The molecular formula is C63H42. The molecule has 0 N–H and O–H groups in total. The van der Waals surface area contributed by atoms with Crippen molar-refractivity contribution in [1.82, 2.24) is 0 Å². The van der Waals surface area contributed by atoms with Crippen molar-refractivity contribution in [1.29, 1.82) is 0 Å². The predicted molar refractivity (Wildman–Crippen MR) is 268 cm³/mol. The van der Waals surface area contributed by atoms with E-state index in [9.17, 15) is 0 Å². The Morgan fingerprint density at radius 2 is 0.698 bits per heavy atom. The molecule has 13 rings (SSSR count). The van der Waals surface area contributed by atoms with Crippen molar-refractivity contribution >= 4 is 32.3 Å². The summed E-state index contributed by atoms with van der Waals surface area (Å²) in [7, 11) is 0. The van der Waals surface area contributed by atoms with Crippen molar-refractivity contribution in [3.05, 3.63) is 230 Å². The van der Waals surface area contributed by atoms with Gasteiger partial charge in [0, 0.05) is 5.41 Å². The molecule has 0 aromatic heterocycles. The standard InChI is InChI=1S/C63H42/c1-63(2)58-37-49(43-23-19-41(20-24-43)40-17-21-42(22-18-40)48-30-27-39-9-3-4-10-47(39)35-48)31-33-53(58)54-34-32-50(38-59(54)63)44-25-28-46(29-26-44)61-52-14-6-5-11-51(52)36-57-55-15-7-12-45-13-8-16-56(60(45)55)62(57)61/h3-38H,1-2H3. The van der Waals surface area contributed by atoms with E-state index in [1.54, 1.807) is 0 Å². The SMILES string of the molecule is CC1(C)c2cc(-c3ccc(-c4ccc(-c5ccc6ccccc6c5)cc4)cc3)ccc2-c2ccc(-c3ccc(-c4c5c(cc6ccccc46)-c4cccc6cccc-5c46)cc3)cc21. The van der Waals surface area contributed by atoms with Crippen LogP contribution in [0.5, 0.6) is 0 Å². The highest BCUT2D eigenvalue weighted by Crippen LogP contribution is 2.54. The minimum absolute atomic E-state index is 0.136. The van der Waals surface area contributed by atoms with E-state index in [2.05, 4.69) is 232 Å². The van der Waals surface area contributed by atoms with Gasteiger partial charge in [-0.2, -0.15) is 0 Å². The first-order valence-electron chi connectivity index (χ1n) is 22.1. The summed E-state index contributed by atoms with van der Waals surface area (Å²) in [6, 6.07) is 81.6. The van der Waals surface area contributed by atoms with Gasteiger partial charge in [0.2, 0.25) is 0 Å². The first-order valence-corrected chi connectivity index (χ1v) is 22.1. The molecule has 294 valence electrons. The van der Waals surface area contributed by atoms with Gasteiger partial charge in [0.25, 0.3) is 0 Å². The minimum atomic E-state index is -0.136. The second kappa shape index (κ2) is 13.6. The highest BCUT2D eigenvalue weighted by Gasteiger charge is 2.36. The van der Waals surface area contributed by atoms with E-state index in [0.29, 0.717) is 0 Å². The molecule has 0 saturated heterocycles. The van der Waals surface area contributed by atoms with Crippen molar-refractivity contribution in [2.24, 2.45) is 0 Å². The summed E-state index contributed by atoms with van der Waals surface area (Å²) in [6.45, 7) is 4.78. The molecule has 11 aromatic rings. The fourth-order valence-electron chi connectivity index (χ4n) is 10.9. The summed E-state index contributed by atoms with van der Waals surface area (Å²) < 4.78 is 0. The summed E-state index contributed by atoms with van der Waals surface area (Å²) >= 11 is 0. The van der Waals surface area contributed by atoms with Crippen LogP contribution in [0, 0.1) is 0 Å². The Morgan fingerprint density at radius 1 is 0.254 bits per heavy atom. The lowest BCUT2D eigenvalue weighted by Gasteiger charge is -2.23. The van der Waals surface area contributed by atoms with Gasteiger partial charge in [-0.1, -0.05) is 208 Å². The molecule has 0 aliphatic heterocycles. The molecular weight excluding hydrogens is 757 g/mol. The summed E-state index contributed by atoms with van der Waals surface area (Å²) in [5.41, 5.74) is 23.1. The number of hydrogen-bond donors (Lipinski definition) is 0. The lowest BCUT2D eigenvalue weighted by atomic mass is 9.80. The molecule has 63 heavy (non-hydrogen) atoms. The normalized spacial score (nSPS) is 13.0. The second-order valence-corrected chi connectivity index (χ2v) is 18.0. The summed E-state index contributed by atoms with van der Waals surface area (Å²) in [5, 5.41) is 7.78. The van der Waals surface area contributed by atoms with Crippen LogP contribution in [0.25, 0.3) is 121 Å². The molecule has 0 heterocycles. The Kier molecular flexibility index (Phi) is 7.75. The molecule has 0 fully saturated rings. The summed E-state index contributed by atoms with van der Waals surface area (Å²) in [4.78, 5) is 0. The molecule has 0 radical (unpaired) electrons. The second-order valence-electron chi connectivity index (χ2n) is 18.0. The monoisotopic (exact) mass is 798 g/mol. The zero-order valence-electron chi connectivity index (χ0n) is 35.3. The van der Waals surface area contributed by atoms with Gasteiger partial charge in [0.15, 0.2) is 0 Å². The molecule has 0 spiro atoms. The maximum absolute atomic E-state index is 2.44. The third-order valence-electron chi connectivity index (χ3n) is 14.2. The molecule has 2 aliphatic carbocycles. The van der Waals surface area contributed by atoms with Gasteiger partial charge >= 0.3 is 0 Å². The Balaban J connectivity index is 0.789. The van der Waals surface area contributed by atoms with Gasteiger partial charge < -0.3 is 0 Å². The fraction of sp³-hybridized carbons (Fsp3) is 0.0476. The van der Waals surface area contributed by atoms with Crippen LogP contribution < -0.4 is 0 Å². The Labute approximate surface area is 368 Å². The Hall–Kier alpha value is -7.80. The van der Waals surface area contributed by atoms with Crippen molar-refractivity contribution in [2.45, 2.75) is 19.3 Å². The Bertz CT molecular complexity index is 3650. The Morgan fingerprint density at radius 3 is 1.30 bits per heavy atom. The maximum Gasteiger partial charge on any atom is 0.0159 e. The third-order valence-corrected chi connectivity index (χ3v) is 14.2. The zero-order valence-corrected chi connectivity index (χ0v) is 35.3. The van der Waals surface area contributed by atoms with Crippen LogP contribution in [0.2, 0.25) is 0 Å². The molecule has 0 unspecified atom stereocenters. The van der Waals surface area contributed by atoms with Gasteiger partial charge in [0.1, 0.15) is 0 Å². The molecule has 0 bridgehead atoms. The first-order chi connectivity index (χ1) is 31.0. The van der Waals surface area contributed by atoms with Gasteiger partial charge in [0.05, 0.1) is 0 Å². The first kappa shape index (κ1) is 35.9. The van der Waals surface area contributed by atoms with E-state index in [0.717, 1.165) is 0 Å². The molecule has 11 aromatic carbocycles. The third kappa shape index (κ3) is 5.54. The fourth-order valence-corrected chi connectivity index (χ4v) is 10.9. The van der Waals surface area contributed by atoms with Crippen molar-refractivity contribution in [2.75, 3.05) is 0 Å². The van der Waals surface area contributed by atoms with E-state index >= 15 is 0 Å². The van der Waals surface area contributed by atoms with Crippen LogP contribution in [-0.2, 0) is 5.41 Å². The van der Waals surface area contributed by atoms with E-state index in [1.165, 1.54) is 132 Å². The number of fused-ring (bicyclic) bond motifs is 8. The molecule has 0 amide bonds. The number of benzene rings is 11. The van der Waals surface area contributed by atoms with Crippen LogP contribution >= 0.6 is 0 Å². The average Bonchev–Trinajstić information content (AvgIpc) is 3.78. The van der Waals surface area contributed by atoms with E-state index in [1.807, 2.05) is 0 Å². The van der Waals surface area contributed by atoms with Crippen molar-refractivity contribution < 1.29 is 0 Å². The molecule has 0 atom stereocenters. The van der Waals surface area contributed by atoms with Gasteiger partial charge in [-0.05, 0) is 157 Å². The van der Waals surface area contributed by atoms with Crippen LogP contribution in [0.3, 0.4) is 0 Å². The molecule has 0 saturated carbocycles. The van der Waals surface area contributed by atoms with Crippen LogP contribution in [0.1, 0.15) is 25.0 Å². The van der Waals surface area contributed by atoms with Crippen LogP contribution in [0.15, 0.2) is 218 Å². The molecule has 2 aliphatic rings. The van der Waals surface area contributed by atoms with E-state index < -0.39 is 0 Å². The maximum atomic E-state index is 2.44. The molecule has 0 nitrogen and oxygen atoms in total. The highest BCUT2D eigenvalue weighted by atomic mass is 14.4. The zero-order chi connectivity index (χ0) is 41.8. The lowest BCUT2D eigenvalue weighted by Crippen LogP contribution is -2.15. The van der Waals surface area contributed by atoms with Crippen LogP contribution in [0.4, 0.5) is 0 Å². The van der Waals surface area contributed by atoms with Gasteiger partial charge in [-0.15, -0.1) is 0 Å². The number of rotatable bonds is 5. The van der Waals surface area contributed by atoms with E-state index in [4.69, 9.17) is 0 Å². The van der Waals surface area contributed by atoms with Crippen molar-refractivity contribution in [3.63, 3.8) is 0 Å². The van der Waals surface area contributed by atoms with Gasteiger partial charge in [-0.3, -0.25) is 0 Å². The molecule has 0 heteroatoms. The number of hydrogen-bond acceptors (Lipinski definition) is 0. The van der Waals surface area contributed by atoms with Gasteiger partial charge in [-0.25, -0.2) is 0 Å². The van der Waals surface area contributed by atoms with Crippen LogP contribution in [-0.4, -0.2) is 0 Å². The largest absolute Gasteiger partial charge is 0.0616 e. The summed E-state index contributed by atoms with van der Waals surface area (Å²) in [6.07, 6.45) is 0. The predicted octanol–water partition coefficient (Wildman–Crippen LogP) is 17.4.